The molecule has 0 aliphatic carbocycles. The Morgan fingerprint density at radius 2 is 1.68 bits per heavy atom. The summed E-state index contributed by atoms with van der Waals surface area (Å²) in [5.74, 6) is 1.31. The Bertz CT molecular complexity index is 1890. The molecule has 0 aliphatic rings. The van der Waals surface area contributed by atoms with E-state index in [0.29, 0.717) is 15.3 Å². The highest BCUT2D eigenvalue weighted by Gasteiger charge is 2.15. The summed E-state index contributed by atoms with van der Waals surface area (Å²) in [5, 5.41) is 9.30. The molecule has 6 rings (SSSR count). The fourth-order valence-electron chi connectivity index (χ4n) is 4.25. The third kappa shape index (κ3) is 4.53. The molecule has 0 spiro atoms. The fraction of sp³-hybridized carbons (Fsp3) is 0.0667. The van der Waals surface area contributed by atoms with E-state index in [9.17, 15) is 4.79 Å². The van der Waals surface area contributed by atoms with Gasteiger partial charge in [-0.25, -0.2) is 4.68 Å². The van der Waals surface area contributed by atoms with Crippen molar-refractivity contribution < 1.29 is 4.74 Å². The predicted octanol–water partition coefficient (Wildman–Crippen LogP) is 5.04. The van der Waals surface area contributed by atoms with Crippen molar-refractivity contribution in [3.8, 4) is 22.7 Å². The number of nitrogens with zero attached hydrogens (tertiary/aromatic N) is 5. The van der Waals surface area contributed by atoms with Crippen LogP contribution in [-0.4, -0.2) is 31.5 Å². The molecule has 3 heterocycles. The monoisotopic (exact) mass is 517 g/mol. The maximum absolute atomic E-state index is 13.3. The van der Waals surface area contributed by atoms with E-state index in [2.05, 4.69) is 10.1 Å². The molecule has 7 nitrogen and oxygen atoms in total. The summed E-state index contributed by atoms with van der Waals surface area (Å²) in [5.41, 5.74) is 5.29. The van der Waals surface area contributed by atoms with Crippen molar-refractivity contribution in [2.24, 2.45) is 0 Å². The molecule has 186 valence electrons. The van der Waals surface area contributed by atoms with E-state index in [1.807, 2.05) is 115 Å². The third-order valence-corrected chi connectivity index (χ3v) is 7.10. The van der Waals surface area contributed by atoms with Gasteiger partial charge in [-0.1, -0.05) is 65.9 Å². The second-order valence-corrected chi connectivity index (χ2v) is 9.73. The number of aromatic nitrogens is 5. The summed E-state index contributed by atoms with van der Waals surface area (Å²) in [6.45, 7) is 2.00. The van der Waals surface area contributed by atoms with Crippen LogP contribution < -0.4 is 14.8 Å². The predicted molar refractivity (Wildman–Crippen MR) is 152 cm³/mol. The van der Waals surface area contributed by atoms with Gasteiger partial charge in [-0.15, -0.1) is 5.10 Å². The SMILES string of the molecule is COc1ccc(-c2nn(-c3ccccc3)cc2C=c2sc3nc(C=Cc4ccccc4)nn3c2=O)cc1C. The van der Waals surface area contributed by atoms with Gasteiger partial charge in [0.2, 0.25) is 4.96 Å². The second-order valence-electron chi connectivity index (χ2n) is 8.72. The van der Waals surface area contributed by atoms with Crippen LogP contribution in [0, 0.1) is 6.92 Å². The number of hydrogen-bond acceptors (Lipinski definition) is 6. The number of thiazole rings is 1. The van der Waals surface area contributed by atoms with Crippen LogP contribution in [-0.2, 0) is 0 Å². The van der Waals surface area contributed by atoms with Crippen molar-refractivity contribution in [3.05, 3.63) is 122 Å². The van der Waals surface area contributed by atoms with Gasteiger partial charge in [0, 0.05) is 17.3 Å². The first kappa shape index (κ1) is 23.6. The summed E-state index contributed by atoms with van der Waals surface area (Å²) in [7, 11) is 1.66. The Morgan fingerprint density at radius 3 is 2.39 bits per heavy atom. The van der Waals surface area contributed by atoms with E-state index < -0.39 is 0 Å². The largest absolute Gasteiger partial charge is 0.496 e. The van der Waals surface area contributed by atoms with Gasteiger partial charge in [0.15, 0.2) is 5.82 Å². The number of methoxy groups -OCH3 is 1. The molecule has 0 bridgehead atoms. The molecule has 38 heavy (non-hydrogen) atoms. The van der Waals surface area contributed by atoms with E-state index in [4.69, 9.17) is 9.84 Å². The summed E-state index contributed by atoms with van der Waals surface area (Å²) in [6, 6.07) is 25.8. The Balaban J connectivity index is 1.43. The van der Waals surface area contributed by atoms with Gasteiger partial charge in [-0.05, 0) is 60.5 Å². The average molecular weight is 518 g/mol. The van der Waals surface area contributed by atoms with Gasteiger partial charge in [-0.3, -0.25) is 4.79 Å². The Hall–Kier alpha value is -4.82. The van der Waals surface area contributed by atoms with E-state index in [-0.39, 0.29) is 5.56 Å². The Morgan fingerprint density at radius 1 is 0.921 bits per heavy atom. The lowest BCUT2D eigenvalue weighted by Gasteiger charge is -2.06. The van der Waals surface area contributed by atoms with Crippen LogP contribution in [0.2, 0.25) is 0 Å². The zero-order chi connectivity index (χ0) is 26.1. The molecular weight excluding hydrogens is 494 g/mol. The number of hydrogen-bond donors (Lipinski definition) is 0. The molecule has 8 heteroatoms. The quantitative estimate of drug-likeness (QED) is 0.310. The van der Waals surface area contributed by atoms with Gasteiger partial charge in [0.05, 0.1) is 17.3 Å². The van der Waals surface area contributed by atoms with Crippen molar-refractivity contribution in [1.82, 2.24) is 24.4 Å². The van der Waals surface area contributed by atoms with Crippen LogP contribution in [0.3, 0.4) is 0 Å². The van der Waals surface area contributed by atoms with Gasteiger partial charge < -0.3 is 4.74 Å². The molecule has 0 radical (unpaired) electrons. The number of fused-ring (bicyclic) bond motifs is 1. The second kappa shape index (κ2) is 9.91. The van der Waals surface area contributed by atoms with E-state index in [0.717, 1.165) is 39.4 Å². The Kier molecular flexibility index (Phi) is 6.15. The fourth-order valence-corrected chi connectivity index (χ4v) is 5.16. The molecule has 0 saturated heterocycles. The van der Waals surface area contributed by atoms with Gasteiger partial charge in [0.25, 0.3) is 5.56 Å². The summed E-state index contributed by atoms with van der Waals surface area (Å²) in [4.78, 5) is 18.3. The highest BCUT2D eigenvalue weighted by atomic mass is 32.1. The molecule has 0 saturated carbocycles. The maximum Gasteiger partial charge on any atom is 0.291 e. The van der Waals surface area contributed by atoms with Crippen molar-refractivity contribution in [1.29, 1.82) is 0 Å². The highest BCUT2D eigenvalue weighted by Crippen LogP contribution is 2.29. The molecule has 0 amide bonds. The van der Waals surface area contributed by atoms with Crippen LogP contribution in [0.5, 0.6) is 5.75 Å². The molecular formula is C30H23N5O2S. The van der Waals surface area contributed by atoms with Crippen LogP contribution in [0.15, 0.2) is 89.9 Å². The van der Waals surface area contributed by atoms with Crippen LogP contribution in [0.4, 0.5) is 0 Å². The molecule has 0 unspecified atom stereocenters. The lowest BCUT2D eigenvalue weighted by Crippen LogP contribution is -2.23. The number of ether oxygens (including phenoxy) is 1. The van der Waals surface area contributed by atoms with Crippen LogP contribution >= 0.6 is 11.3 Å². The van der Waals surface area contributed by atoms with Crippen molar-refractivity contribution >= 4 is 34.5 Å². The molecule has 0 N–H and O–H groups in total. The summed E-state index contributed by atoms with van der Waals surface area (Å²) >= 11 is 1.31. The van der Waals surface area contributed by atoms with E-state index in [1.54, 1.807) is 7.11 Å². The standard InChI is InChI=1S/C30H23N5O2S/c1-20-17-22(14-15-25(20)37-2)28-23(19-34(33-28)24-11-7-4-8-12-24)18-26-29(36)35-30(38-26)31-27(32-35)16-13-21-9-5-3-6-10-21/h3-19H,1-2H3. The van der Waals surface area contributed by atoms with Crippen molar-refractivity contribution in [3.63, 3.8) is 0 Å². The first-order valence-corrected chi connectivity index (χ1v) is 12.9. The molecule has 6 aromatic rings. The van der Waals surface area contributed by atoms with E-state index in [1.165, 1.54) is 15.9 Å². The lowest BCUT2D eigenvalue weighted by molar-refractivity contribution is 0.412. The number of para-hydroxylation sites is 1. The molecule has 3 aromatic heterocycles. The third-order valence-electron chi connectivity index (χ3n) is 6.14. The zero-order valence-corrected chi connectivity index (χ0v) is 21.6. The maximum atomic E-state index is 13.3. The normalized spacial score (nSPS) is 12.1. The molecule has 0 fully saturated rings. The summed E-state index contributed by atoms with van der Waals surface area (Å²) < 4.78 is 9.16. The highest BCUT2D eigenvalue weighted by molar-refractivity contribution is 7.15. The lowest BCUT2D eigenvalue weighted by atomic mass is 10.0. The zero-order valence-electron chi connectivity index (χ0n) is 20.8. The number of benzene rings is 3. The summed E-state index contributed by atoms with van der Waals surface area (Å²) in [6.07, 6.45) is 7.54. The number of aryl methyl sites for hydroxylation is 1. The van der Waals surface area contributed by atoms with Crippen molar-refractivity contribution in [2.45, 2.75) is 6.92 Å². The smallest absolute Gasteiger partial charge is 0.291 e. The first-order valence-electron chi connectivity index (χ1n) is 12.0. The van der Waals surface area contributed by atoms with Gasteiger partial charge in [-0.2, -0.15) is 14.6 Å². The topological polar surface area (TPSA) is 74.3 Å². The first-order chi connectivity index (χ1) is 18.6. The minimum absolute atomic E-state index is 0.207. The molecule has 0 aliphatic heterocycles. The van der Waals surface area contributed by atoms with E-state index >= 15 is 0 Å². The molecule has 0 atom stereocenters. The molecule has 3 aromatic carbocycles. The van der Waals surface area contributed by atoms with Gasteiger partial charge in [0.1, 0.15) is 11.4 Å². The van der Waals surface area contributed by atoms with Crippen molar-refractivity contribution in [2.75, 3.05) is 7.11 Å². The minimum Gasteiger partial charge on any atom is -0.496 e. The number of rotatable bonds is 6. The average Bonchev–Trinajstić information content (AvgIpc) is 3.63. The van der Waals surface area contributed by atoms with Crippen LogP contribution in [0.1, 0.15) is 22.5 Å². The van der Waals surface area contributed by atoms with Gasteiger partial charge >= 0.3 is 0 Å². The minimum atomic E-state index is -0.207. The Labute approximate surface area is 222 Å². The van der Waals surface area contributed by atoms with Crippen LogP contribution in [0.25, 0.3) is 40.1 Å².